The molecule has 0 aliphatic carbocycles. The molecule has 0 radical (unpaired) electrons. The van der Waals surface area contributed by atoms with Crippen molar-refractivity contribution in [1.29, 1.82) is 5.26 Å². The maximum atomic E-state index is 14.2. The third-order valence-corrected chi connectivity index (χ3v) is 5.21. The number of nitrogens with zero attached hydrogens (tertiary/aromatic N) is 6. The Bertz CT molecular complexity index is 1420. The molecule has 0 bridgehead atoms. The number of hydrogen-bond donors (Lipinski definition) is 2. The number of nitrogens with one attached hydrogen (secondary N) is 1. The Morgan fingerprint density at radius 1 is 1.21 bits per heavy atom. The summed E-state index contributed by atoms with van der Waals surface area (Å²) in [6.07, 6.45) is 3.26. The first-order valence-corrected chi connectivity index (χ1v) is 10.4. The lowest BCUT2D eigenvalue weighted by atomic mass is 9.95. The number of nitrogens with two attached hydrogens (primary N) is 1. The smallest absolute Gasteiger partial charge is 0.254 e. The zero-order valence-electron chi connectivity index (χ0n) is 18.6. The summed E-state index contributed by atoms with van der Waals surface area (Å²) in [6.45, 7) is 0.334. The lowest BCUT2D eigenvalue weighted by molar-refractivity contribution is 0.0830. The fourth-order valence-electron chi connectivity index (χ4n) is 3.64. The number of anilines is 2. The number of amides is 1. The van der Waals surface area contributed by atoms with Crippen molar-refractivity contribution in [2.75, 3.05) is 31.7 Å². The molecule has 3 N–H and O–H groups in total. The molecule has 170 valence electrons. The van der Waals surface area contributed by atoms with Crippen LogP contribution in [0.25, 0.3) is 22.2 Å². The topological polar surface area (TPSA) is 134 Å². The number of carbonyl (C=O) groups excluding carboxylic acids is 1. The summed E-state index contributed by atoms with van der Waals surface area (Å²) >= 11 is 0. The van der Waals surface area contributed by atoms with Gasteiger partial charge in [0.2, 0.25) is 0 Å². The summed E-state index contributed by atoms with van der Waals surface area (Å²) in [5.41, 5.74) is 8.40. The van der Waals surface area contributed by atoms with Crippen LogP contribution in [-0.2, 0) is 6.42 Å². The Kier molecular flexibility index (Phi) is 6.27. The van der Waals surface area contributed by atoms with E-state index in [0.717, 1.165) is 0 Å². The minimum atomic E-state index is -0.464. The lowest BCUT2D eigenvalue weighted by Crippen LogP contribution is -2.24. The molecule has 9 nitrogen and oxygen atoms in total. The van der Waals surface area contributed by atoms with Crippen LogP contribution in [0.3, 0.4) is 0 Å². The highest BCUT2D eigenvalue weighted by Gasteiger charge is 2.24. The highest BCUT2D eigenvalue weighted by molar-refractivity contribution is 6.11. The number of aromatic nitrogens is 4. The quantitative estimate of drug-likeness (QED) is 0.452. The number of benzene rings is 1. The molecule has 0 atom stereocenters. The number of nitriles is 1. The fraction of sp³-hybridized carbons (Fsp3) is 0.167. The molecule has 34 heavy (non-hydrogen) atoms. The normalized spacial score (nSPS) is 10.6. The molecule has 0 aliphatic rings. The van der Waals surface area contributed by atoms with Crippen LogP contribution in [0.15, 0.2) is 48.9 Å². The number of nitrogen functional groups attached to an aromatic ring is 1. The van der Waals surface area contributed by atoms with Crippen LogP contribution >= 0.6 is 0 Å². The molecular weight excluding hydrogens is 435 g/mol. The number of hydrogen-bond acceptors (Lipinski definition) is 8. The van der Waals surface area contributed by atoms with E-state index >= 15 is 0 Å². The Balaban J connectivity index is 1.84. The van der Waals surface area contributed by atoms with Gasteiger partial charge in [-0.25, -0.2) is 14.4 Å². The molecule has 0 saturated carbocycles. The molecule has 3 aromatic heterocycles. The van der Waals surface area contributed by atoms with Gasteiger partial charge in [-0.15, -0.1) is 0 Å². The monoisotopic (exact) mass is 456 g/mol. The Hall–Kier alpha value is -4.65. The van der Waals surface area contributed by atoms with Crippen LogP contribution in [0.4, 0.5) is 16.0 Å². The number of rotatable bonds is 6. The molecule has 3 heterocycles. The highest BCUT2D eigenvalue weighted by atomic mass is 19.1. The maximum Gasteiger partial charge on any atom is 0.254 e. The van der Waals surface area contributed by atoms with Crippen molar-refractivity contribution >= 4 is 28.4 Å². The molecule has 4 rings (SSSR count). The first kappa shape index (κ1) is 22.5. The maximum absolute atomic E-state index is 14.2. The second-order valence-corrected chi connectivity index (χ2v) is 7.66. The number of pyridine rings is 2. The van der Waals surface area contributed by atoms with Gasteiger partial charge in [-0.3, -0.25) is 14.8 Å². The van der Waals surface area contributed by atoms with Gasteiger partial charge in [0.15, 0.2) is 0 Å². The predicted octanol–water partition coefficient (Wildman–Crippen LogP) is 3.04. The van der Waals surface area contributed by atoms with E-state index in [0.29, 0.717) is 52.2 Å². The minimum absolute atomic E-state index is 0.0823. The van der Waals surface area contributed by atoms with Gasteiger partial charge in [-0.2, -0.15) is 5.26 Å². The van der Waals surface area contributed by atoms with Crippen molar-refractivity contribution in [3.63, 3.8) is 0 Å². The van der Waals surface area contributed by atoms with Crippen molar-refractivity contribution in [1.82, 2.24) is 24.8 Å². The van der Waals surface area contributed by atoms with Gasteiger partial charge in [-0.05, 0) is 30.3 Å². The second-order valence-electron chi connectivity index (χ2n) is 7.66. The summed E-state index contributed by atoms with van der Waals surface area (Å²) in [5.74, 6) is -0.363. The molecule has 0 unspecified atom stereocenters. The summed E-state index contributed by atoms with van der Waals surface area (Å²) in [7, 11) is 3.28. The van der Waals surface area contributed by atoms with Crippen LogP contribution in [0, 0.1) is 17.1 Å². The van der Waals surface area contributed by atoms with E-state index in [2.05, 4.69) is 20.3 Å². The van der Waals surface area contributed by atoms with Crippen LogP contribution in [0.1, 0.15) is 21.6 Å². The summed E-state index contributed by atoms with van der Waals surface area (Å²) < 4.78 is 14.2. The van der Waals surface area contributed by atoms with Gasteiger partial charge < -0.3 is 16.0 Å². The van der Waals surface area contributed by atoms with Gasteiger partial charge in [0.25, 0.3) is 5.91 Å². The van der Waals surface area contributed by atoms with Crippen molar-refractivity contribution < 1.29 is 9.18 Å². The Labute approximate surface area is 195 Å². The zero-order valence-corrected chi connectivity index (χ0v) is 18.6. The number of halogens is 1. The molecule has 0 aliphatic heterocycles. The van der Waals surface area contributed by atoms with Crippen molar-refractivity contribution in [3.8, 4) is 17.3 Å². The van der Waals surface area contributed by atoms with Crippen LogP contribution < -0.4 is 11.1 Å². The second kappa shape index (κ2) is 9.46. The van der Waals surface area contributed by atoms with Gasteiger partial charge in [0.1, 0.15) is 35.4 Å². The number of fused-ring (bicyclic) bond motifs is 1. The third-order valence-electron chi connectivity index (χ3n) is 5.21. The molecule has 1 aromatic carbocycles. The van der Waals surface area contributed by atoms with E-state index in [9.17, 15) is 14.4 Å². The van der Waals surface area contributed by atoms with Crippen molar-refractivity contribution in [2.24, 2.45) is 0 Å². The van der Waals surface area contributed by atoms with Crippen LogP contribution in [0.2, 0.25) is 0 Å². The summed E-state index contributed by atoms with van der Waals surface area (Å²) in [6, 6.07) is 11.5. The van der Waals surface area contributed by atoms with Crippen molar-refractivity contribution in [2.45, 2.75) is 6.42 Å². The van der Waals surface area contributed by atoms with Crippen molar-refractivity contribution in [3.05, 3.63) is 71.6 Å². The highest BCUT2D eigenvalue weighted by Crippen LogP contribution is 2.33. The molecule has 10 heteroatoms. The zero-order chi connectivity index (χ0) is 24.2. The van der Waals surface area contributed by atoms with E-state index in [1.165, 1.54) is 23.4 Å². The Morgan fingerprint density at radius 3 is 2.74 bits per heavy atom. The third kappa shape index (κ3) is 4.31. The average Bonchev–Trinajstić information content (AvgIpc) is 2.83. The minimum Gasteiger partial charge on any atom is -0.382 e. The van der Waals surface area contributed by atoms with Gasteiger partial charge in [-0.1, -0.05) is 6.07 Å². The molecule has 1 amide bonds. The first-order valence-electron chi connectivity index (χ1n) is 10.4. The standard InChI is InChI=1S/C24H21FN8O/c1-33(2)24(34)20-15-11-14(25)6-7-17(15)32-19(21(20)18-5-3-4-9-28-18)8-10-29-23-16(12-26)22(27)30-13-31-23/h3-7,9,11,13H,8,10H2,1-2H3,(H3,27,29,30,31). The largest absolute Gasteiger partial charge is 0.382 e. The van der Waals surface area contributed by atoms with E-state index < -0.39 is 5.82 Å². The molecule has 0 saturated heterocycles. The van der Waals surface area contributed by atoms with Gasteiger partial charge in [0, 0.05) is 44.2 Å². The summed E-state index contributed by atoms with van der Waals surface area (Å²) in [4.78, 5) is 31.8. The van der Waals surface area contributed by atoms with Gasteiger partial charge in [0.05, 0.1) is 22.5 Å². The summed E-state index contributed by atoms with van der Waals surface area (Å²) in [5, 5.41) is 12.9. The molecular formula is C24H21FN8O. The molecule has 0 spiro atoms. The van der Waals surface area contributed by atoms with E-state index in [1.807, 2.05) is 12.1 Å². The first-order chi connectivity index (χ1) is 16.4. The van der Waals surface area contributed by atoms with Crippen LogP contribution in [-0.4, -0.2) is 51.4 Å². The SMILES string of the molecule is CN(C)C(=O)c1c(-c2ccccn2)c(CCNc2ncnc(N)c2C#N)nc2ccc(F)cc12. The van der Waals surface area contributed by atoms with Crippen LogP contribution in [0.5, 0.6) is 0 Å². The lowest BCUT2D eigenvalue weighted by Gasteiger charge is -2.19. The predicted molar refractivity (Wildman–Crippen MR) is 126 cm³/mol. The van der Waals surface area contributed by atoms with E-state index in [1.54, 1.807) is 38.5 Å². The Morgan fingerprint density at radius 2 is 2.03 bits per heavy atom. The van der Waals surface area contributed by atoms with E-state index in [-0.39, 0.29) is 17.3 Å². The van der Waals surface area contributed by atoms with E-state index in [4.69, 9.17) is 10.7 Å². The van der Waals surface area contributed by atoms with Gasteiger partial charge >= 0.3 is 0 Å². The number of carbonyl (C=O) groups is 1. The average molecular weight is 456 g/mol. The molecule has 0 fully saturated rings. The molecule has 4 aromatic rings. The fourth-order valence-corrected chi connectivity index (χ4v) is 3.64.